The lowest BCUT2D eigenvalue weighted by Crippen LogP contribution is -2.16. The maximum atomic E-state index is 5.09. The Morgan fingerprint density at radius 2 is 2.00 bits per heavy atom. The van der Waals surface area contributed by atoms with Crippen molar-refractivity contribution in [3.05, 3.63) is 23.6 Å². The van der Waals surface area contributed by atoms with Gasteiger partial charge in [0.1, 0.15) is 0 Å². The van der Waals surface area contributed by atoms with Crippen molar-refractivity contribution in [3.63, 3.8) is 0 Å². The van der Waals surface area contributed by atoms with Crippen LogP contribution in [-0.4, -0.2) is 13.7 Å². The summed E-state index contributed by atoms with van der Waals surface area (Å²) in [7, 11) is 1.70. The third kappa shape index (κ3) is 7.38. The van der Waals surface area contributed by atoms with Crippen LogP contribution in [0.4, 0.5) is 0 Å². The van der Waals surface area contributed by atoms with E-state index in [4.69, 9.17) is 4.74 Å². The van der Waals surface area contributed by atoms with Gasteiger partial charge in [-0.05, 0) is 37.8 Å². The van der Waals surface area contributed by atoms with Crippen LogP contribution in [0.2, 0.25) is 0 Å². The summed E-state index contributed by atoms with van der Waals surface area (Å²) in [6.07, 6.45) is 7.65. The molecule has 2 heteroatoms. The van der Waals surface area contributed by atoms with Crippen molar-refractivity contribution >= 4 is 0 Å². The standard InChI is InChI=1S/C14H27NO/c1-6-12(3)10-11-15-14(7-2)9-8-13(4)16-5/h8-9,12,15H,6-7,10-11H2,1-5H3/b13-8+,14-9+. The molecule has 1 N–H and O–H groups in total. The van der Waals surface area contributed by atoms with Crippen LogP contribution in [0.15, 0.2) is 23.6 Å². The first-order valence-corrected chi connectivity index (χ1v) is 6.29. The van der Waals surface area contributed by atoms with Gasteiger partial charge in [-0.2, -0.15) is 0 Å². The summed E-state index contributed by atoms with van der Waals surface area (Å²) >= 11 is 0. The van der Waals surface area contributed by atoms with Crippen molar-refractivity contribution in [1.82, 2.24) is 5.32 Å². The molecule has 0 aliphatic carbocycles. The van der Waals surface area contributed by atoms with Crippen molar-refractivity contribution in [2.24, 2.45) is 5.92 Å². The molecular formula is C14H27NO. The van der Waals surface area contributed by atoms with Crippen molar-refractivity contribution in [1.29, 1.82) is 0 Å². The fraction of sp³-hybridized carbons (Fsp3) is 0.714. The maximum Gasteiger partial charge on any atom is 0.0925 e. The van der Waals surface area contributed by atoms with Gasteiger partial charge in [0.05, 0.1) is 12.9 Å². The zero-order valence-electron chi connectivity index (χ0n) is 11.5. The fourth-order valence-corrected chi connectivity index (χ4v) is 1.27. The van der Waals surface area contributed by atoms with Crippen molar-refractivity contribution in [3.8, 4) is 0 Å². The Morgan fingerprint density at radius 1 is 1.31 bits per heavy atom. The second-order valence-corrected chi connectivity index (χ2v) is 4.26. The predicted molar refractivity (Wildman–Crippen MR) is 71.2 cm³/mol. The zero-order chi connectivity index (χ0) is 12.4. The Bertz CT molecular complexity index is 231. The summed E-state index contributed by atoms with van der Waals surface area (Å²) in [4.78, 5) is 0. The van der Waals surface area contributed by atoms with Crippen LogP contribution in [0.25, 0.3) is 0 Å². The molecular weight excluding hydrogens is 198 g/mol. The molecule has 0 fully saturated rings. The molecule has 1 unspecified atom stereocenters. The molecule has 0 aliphatic heterocycles. The molecule has 0 aliphatic rings. The molecule has 1 atom stereocenters. The summed E-state index contributed by atoms with van der Waals surface area (Å²) < 4.78 is 5.09. The minimum atomic E-state index is 0.807. The summed E-state index contributed by atoms with van der Waals surface area (Å²) in [5, 5.41) is 3.48. The summed E-state index contributed by atoms with van der Waals surface area (Å²) in [5.74, 6) is 1.75. The van der Waals surface area contributed by atoms with E-state index in [2.05, 4.69) is 32.2 Å². The highest BCUT2D eigenvalue weighted by atomic mass is 16.5. The topological polar surface area (TPSA) is 21.3 Å². The minimum Gasteiger partial charge on any atom is -0.501 e. The number of hydrogen-bond donors (Lipinski definition) is 1. The smallest absolute Gasteiger partial charge is 0.0925 e. The summed E-state index contributed by atoms with van der Waals surface area (Å²) in [6.45, 7) is 9.73. The lowest BCUT2D eigenvalue weighted by Gasteiger charge is -2.11. The molecule has 0 bridgehead atoms. The molecule has 0 saturated carbocycles. The van der Waals surface area contributed by atoms with Gasteiger partial charge < -0.3 is 10.1 Å². The molecule has 0 radical (unpaired) electrons. The molecule has 0 heterocycles. The van der Waals surface area contributed by atoms with Gasteiger partial charge in [0.25, 0.3) is 0 Å². The van der Waals surface area contributed by atoms with E-state index in [0.717, 1.165) is 24.6 Å². The number of ether oxygens (including phenoxy) is 1. The minimum absolute atomic E-state index is 0.807. The quantitative estimate of drug-likeness (QED) is 0.500. The van der Waals surface area contributed by atoms with Gasteiger partial charge in [0, 0.05) is 12.2 Å². The molecule has 0 saturated heterocycles. The second-order valence-electron chi connectivity index (χ2n) is 4.26. The second kappa shape index (κ2) is 9.32. The van der Waals surface area contributed by atoms with Gasteiger partial charge in [-0.15, -0.1) is 0 Å². The molecule has 0 rings (SSSR count). The molecule has 16 heavy (non-hydrogen) atoms. The molecule has 0 aromatic rings. The number of nitrogens with one attached hydrogen (secondary N) is 1. The van der Waals surface area contributed by atoms with E-state index in [1.165, 1.54) is 18.5 Å². The third-order valence-corrected chi connectivity index (χ3v) is 2.91. The van der Waals surface area contributed by atoms with E-state index < -0.39 is 0 Å². The Balaban J connectivity index is 4.00. The first-order valence-electron chi connectivity index (χ1n) is 6.29. The van der Waals surface area contributed by atoms with E-state index in [0.29, 0.717) is 0 Å². The van der Waals surface area contributed by atoms with Crippen molar-refractivity contribution < 1.29 is 4.74 Å². The fourth-order valence-electron chi connectivity index (χ4n) is 1.27. The molecule has 0 aromatic carbocycles. The van der Waals surface area contributed by atoms with Crippen LogP contribution in [0.5, 0.6) is 0 Å². The first kappa shape index (κ1) is 15.1. The van der Waals surface area contributed by atoms with Gasteiger partial charge in [-0.3, -0.25) is 0 Å². The number of rotatable bonds is 8. The number of allylic oxidation sites excluding steroid dienone is 4. The predicted octanol–water partition coefficient (Wildman–Crippen LogP) is 3.86. The maximum absolute atomic E-state index is 5.09. The Morgan fingerprint density at radius 3 is 2.50 bits per heavy atom. The zero-order valence-corrected chi connectivity index (χ0v) is 11.5. The SMILES string of the molecule is CC/C(=C\C=C(/C)OC)NCCC(C)CC. The van der Waals surface area contributed by atoms with Gasteiger partial charge in [0.2, 0.25) is 0 Å². The van der Waals surface area contributed by atoms with E-state index in [1.807, 2.05) is 13.0 Å². The lowest BCUT2D eigenvalue weighted by atomic mass is 10.1. The average Bonchev–Trinajstić information content (AvgIpc) is 2.32. The van der Waals surface area contributed by atoms with Crippen LogP contribution in [0, 0.1) is 5.92 Å². The van der Waals surface area contributed by atoms with E-state index in [1.54, 1.807) is 7.11 Å². The Hall–Kier alpha value is -0.920. The van der Waals surface area contributed by atoms with Crippen LogP contribution >= 0.6 is 0 Å². The van der Waals surface area contributed by atoms with Crippen molar-refractivity contribution in [2.75, 3.05) is 13.7 Å². The van der Waals surface area contributed by atoms with E-state index in [9.17, 15) is 0 Å². The lowest BCUT2D eigenvalue weighted by molar-refractivity contribution is 0.293. The molecule has 0 aromatic heterocycles. The molecule has 0 amide bonds. The van der Waals surface area contributed by atoms with Gasteiger partial charge in [0.15, 0.2) is 0 Å². The van der Waals surface area contributed by atoms with Gasteiger partial charge in [-0.1, -0.05) is 27.2 Å². The largest absolute Gasteiger partial charge is 0.501 e. The highest BCUT2D eigenvalue weighted by Crippen LogP contribution is 2.06. The molecule has 0 spiro atoms. The number of hydrogen-bond acceptors (Lipinski definition) is 2. The van der Waals surface area contributed by atoms with E-state index in [-0.39, 0.29) is 0 Å². The Kier molecular flexibility index (Phi) is 8.78. The molecule has 94 valence electrons. The third-order valence-electron chi connectivity index (χ3n) is 2.91. The van der Waals surface area contributed by atoms with Crippen LogP contribution < -0.4 is 5.32 Å². The van der Waals surface area contributed by atoms with E-state index >= 15 is 0 Å². The van der Waals surface area contributed by atoms with Gasteiger partial charge in [-0.25, -0.2) is 0 Å². The van der Waals surface area contributed by atoms with Crippen molar-refractivity contribution in [2.45, 2.75) is 47.0 Å². The Labute approximate surface area is 101 Å². The monoisotopic (exact) mass is 225 g/mol. The van der Waals surface area contributed by atoms with Gasteiger partial charge >= 0.3 is 0 Å². The molecule has 2 nitrogen and oxygen atoms in total. The summed E-state index contributed by atoms with van der Waals surface area (Å²) in [5.41, 5.74) is 1.28. The first-order chi connectivity index (χ1) is 7.63. The highest BCUT2D eigenvalue weighted by Gasteiger charge is 1.98. The van der Waals surface area contributed by atoms with Crippen LogP contribution in [0.3, 0.4) is 0 Å². The average molecular weight is 225 g/mol. The number of methoxy groups -OCH3 is 1. The summed E-state index contributed by atoms with van der Waals surface area (Å²) in [6, 6.07) is 0. The highest BCUT2D eigenvalue weighted by molar-refractivity contribution is 5.12. The van der Waals surface area contributed by atoms with Crippen LogP contribution in [0.1, 0.15) is 47.0 Å². The van der Waals surface area contributed by atoms with Crippen LogP contribution in [-0.2, 0) is 4.74 Å². The normalized spacial score (nSPS) is 14.8.